The number of hydrogen-bond acceptors (Lipinski definition) is 10. The first-order chi connectivity index (χ1) is 17.2. The number of likely N-dealkylation sites (N-methyl/N-ethyl adjacent to an activating group) is 1. The molecule has 2 aromatic heterocycles. The number of hydrogen-bond donors (Lipinski definition) is 0. The molecule has 0 radical (unpaired) electrons. The molecule has 0 saturated carbocycles. The van der Waals surface area contributed by atoms with Gasteiger partial charge in [-0.05, 0) is 45.4 Å². The lowest BCUT2D eigenvalue weighted by atomic mass is 9.54. The number of nitrogens with zero attached hydrogens (tertiary/aromatic N) is 5. The number of rotatable bonds is 7. The van der Waals surface area contributed by atoms with Crippen LogP contribution in [-0.4, -0.2) is 104 Å². The van der Waals surface area contributed by atoms with E-state index in [1.165, 1.54) is 14.2 Å². The van der Waals surface area contributed by atoms with Crippen LogP contribution < -0.4 is 0 Å². The van der Waals surface area contributed by atoms with Crippen molar-refractivity contribution < 1.29 is 23.9 Å². The molecule has 36 heavy (non-hydrogen) atoms. The van der Waals surface area contributed by atoms with E-state index in [-0.39, 0.29) is 13.1 Å². The van der Waals surface area contributed by atoms with E-state index >= 15 is 0 Å². The summed E-state index contributed by atoms with van der Waals surface area (Å²) >= 11 is 0. The second-order valence-corrected chi connectivity index (χ2v) is 9.75. The largest absolute Gasteiger partial charge is 0.468 e. The zero-order valence-corrected chi connectivity index (χ0v) is 21.4. The summed E-state index contributed by atoms with van der Waals surface area (Å²) in [7, 11) is 8.23. The van der Waals surface area contributed by atoms with Crippen molar-refractivity contribution in [1.29, 1.82) is 0 Å². The second kappa shape index (κ2) is 10.0. The summed E-state index contributed by atoms with van der Waals surface area (Å²) in [5, 5.41) is 0. The Morgan fingerprint density at radius 1 is 0.944 bits per heavy atom. The van der Waals surface area contributed by atoms with Gasteiger partial charge in [0.05, 0.1) is 37.7 Å². The van der Waals surface area contributed by atoms with Crippen LogP contribution >= 0.6 is 0 Å². The molecule has 10 heteroatoms. The highest BCUT2D eigenvalue weighted by Crippen LogP contribution is 2.60. The number of piperidine rings is 2. The fourth-order valence-electron chi connectivity index (χ4n) is 5.97. The van der Waals surface area contributed by atoms with Crippen molar-refractivity contribution in [3.05, 3.63) is 60.2 Å². The fourth-order valence-corrected chi connectivity index (χ4v) is 5.97. The Balaban J connectivity index is 2.03. The smallest absolute Gasteiger partial charge is 0.322 e. The average Bonchev–Trinajstić information content (AvgIpc) is 2.89. The molecular formula is C26H33N5O5. The maximum absolute atomic E-state index is 14.7. The third-order valence-corrected chi connectivity index (χ3v) is 7.40. The molecule has 0 aliphatic carbocycles. The van der Waals surface area contributed by atoms with E-state index in [4.69, 9.17) is 9.47 Å². The van der Waals surface area contributed by atoms with Crippen LogP contribution in [0, 0.1) is 10.8 Å². The zero-order valence-electron chi connectivity index (χ0n) is 21.4. The van der Waals surface area contributed by atoms with Gasteiger partial charge in [-0.3, -0.25) is 34.2 Å². The van der Waals surface area contributed by atoms with Crippen LogP contribution in [0.1, 0.15) is 23.5 Å². The summed E-state index contributed by atoms with van der Waals surface area (Å²) < 4.78 is 10.6. The number of Topliss-reactive ketones (excluding diaryl/α,β-unsaturated/α-hetero) is 1. The highest BCUT2D eigenvalue weighted by atomic mass is 16.5. The summed E-state index contributed by atoms with van der Waals surface area (Å²) in [5.41, 5.74) is -2.34. The van der Waals surface area contributed by atoms with Crippen molar-refractivity contribution in [2.75, 3.05) is 61.5 Å². The molecule has 0 N–H and O–H groups in total. The topological polar surface area (TPSA) is 105 Å². The maximum atomic E-state index is 14.7. The van der Waals surface area contributed by atoms with E-state index in [0.29, 0.717) is 24.5 Å². The third kappa shape index (κ3) is 3.89. The lowest BCUT2D eigenvalue weighted by Gasteiger charge is -2.60. The Labute approximate surface area is 211 Å². The molecule has 2 aliphatic rings. The van der Waals surface area contributed by atoms with Gasteiger partial charge >= 0.3 is 11.9 Å². The molecular weight excluding hydrogens is 462 g/mol. The first-order valence-corrected chi connectivity index (χ1v) is 11.9. The number of carbonyl (C=O) groups is 3. The molecule has 0 amide bonds. The van der Waals surface area contributed by atoms with Crippen molar-refractivity contribution >= 4 is 17.7 Å². The Morgan fingerprint density at radius 3 is 1.78 bits per heavy atom. The molecule has 2 fully saturated rings. The van der Waals surface area contributed by atoms with Crippen LogP contribution in [0.2, 0.25) is 0 Å². The molecule has 10 nitrogen and oxygen atoms in total. The number of ether oxygens (including phenoxy) is 2. The number of likely N-dealkylation sites (tertiary alicyclic amines) is 2. The molecule has 2 aliphatic heterocycles. The minimum Gasteiger partial charge on any atom is -0.468 e. The number of methoxy groups -OCH3 is 2. The van der Waals surface area contributed by atoms with Gasteiger partial charge in [0.25, 0.3) is 0 Å². The van der Waals surface area contributed by atoms with Gasteiger partial charge in [0.1, 0.15) is 0 Å². The van der Waals surface area contributed by atoms with E-state index in [9.17, 15) is 14.4 Å². The van der Waals surface area contributed by atoms with Gasteiger partial charge in [-0.2, -0.15) is 0 Å². The lowest BCUT2D eigenvalue weighted by Crippen LogP contribution is -2.75. The molecule has 2 bridgehead atoms. The fraction of sp³-hybridized carbons (Fsp3) is 0.500. The first kappa shape index (κ1) is 25.9. The van der Waals surface area contributed by atoms with Crippen molar-refractivity contribution in [2.24, 2.45) is 10.8 Å². The van der Waals surface area contributed by atoms with Crippen LogP contribution in [-0.2, 0) is 23.9 Å². The van der Waals surface area contributed by atoms with E-state index in [1.54, 1.807) is 43.7 Å². The minimum atomic E-state index is -1.71. The van der Waals surface area contributed by atoms with Crippen molar-refractivity contribution in [3.63, 3.8) is 0 Å². The predicted molar refractivity (Wildman–Crippen MR) is 131 cm³/mol. The summed E-state index contributed by atoms with van der Waals surface area (Å²) in [6.07, 6.45) is 3.26. The van der Waals surface area contributed by atoms with Crippen LogP contribution in [0.25, 0.3) is 0 Å². The standard InChI is InChI=1S/C26H33N5O5/c1-29(2)14-15-31-16-25(23(33)35-4)20(18-10-6-8-12-27-18)30(3)21(19-11-7-9-13-28-19)26(17-31,22(25)32)24(34)36-5/h6-13,20-21H,14-17H2,1-5H3. The SMILES string of the molecule is COC(=O)C12CN(CCN(C)C)CC(C(=O)OC)(C1=O)C(c1ccccn1)N(C)C2c1ccccn1. The van der Waals surface area contributed by atoms with Gasteiger partial charge < -0.3 is 14.4 Å². The summed E-state index contributed by atoms with van der Waals surface area (Å²) in [5.74, 6) is -1.91. The van der Waals surface area contributed by atoms with Crippen molar-refractivity contribution in [1.82, 2.24) is 24.7 Å². The Bertz CT molecular complexity index is 1030. The quantitative estimate of drug-likeness (QED) is 0.408. The Hall–Kier alpha value is -3.21. The summed E-state index contributed by atoms with van der Waals surface area (Å²) in [4.78, 5) is 57.1. The lowest BCUT2D eigenvalue weighted by molar-refractivity contribution is -0.204. The molecule has 2 saturated heterocycles. The van der Waals surface area contributed by atoms with Crippen molar-refractivity contribution in [3.8, 4) is 0 Å². The van der Waals surface area contributed by atoms with Gasteiger partial charge in [-0.15, -0.1) is 0 Å². The van der Waals surface area contributed by atoms with E-state index in [1.807, 2.05) is 40.9 Å². The third-order valence-electron chi connectivity index (χ3n) is 7.40. The van der Waals surface area contributed by atoms with E-state index in [2.05, 4.69) is 9.97 Å². The summed E-state index contributed by atoms with van der Waals surface area (Å²) in [6.45, 7) is 1.38. The summed E-state index contributed by atoms with van der Waals surface area (Å²) in [6, 6.07) is 9.16. The maximum Gasteiger partial charge on any atom is 0.322 e. The number of fused-ring (bicyclic) bond motifs is 2. The van der Waals surface area contributed by atoms with E-state index < -0.39 is 40.6 Å². The van der Waals surface area contributed by atoms with Crippen LogP contribution in [0.3, 0.4) is 0 Å². The molecule has 4 atom stereocenters. The van der Waals surface area contributed by atoms with Gasteiger partial charge in [-0.25, -0.2) is 0 Å². The van der Waals surface area contributed by atoms with Gasteiger partial charge in [0.2, 0.25) is 0 Å². The highest BCUT2D eigenvalue weighted by molar-refractivity contribution is 6.17. The zero-order chi connectivity index (χ0) is 26.1. The Morgan fingerprint density at radius 2 is 1.42 bits per heavy atom. The Kier molecular flexibility index (Phi) is 7.21. The molecule has 4 heterocycles. The van der Waals surface area contributed by atoms with E-state index in [0.717, 1.165) is 0 Å². The minimum absolute atomic E-state index is 0.0889. The monoisotopic (exact) mass is 495 g/mol. The molecule has 4 rings (SSSR count). The number of ketones is 1. The van der Waals surface area contributed by atoms with Gasteiger partial charge in [0, 0.05) is 38.6 Å². The van der Waals surface area contributed by atoms with Crippen LogP contribution in [0.15, 0.2) is 48.8 Å². The first-order valence-electron chi connectivity index (χ1n) is 11.9. The second-order valence-electron chi connectivity index (χ2n) is 9.75. The van der Waals surface area contributed by atoms with Gasteiger partial charge in [0.15, 0.2) is 16.6 Å². The molecule has 2 aromatic rings. The van der Waals surface area contributed by atoms with Crippen LogP contribution in [0.4, 0.5) is 0 Å². The number of pyridine rings is 2. The highest BCUT2D eigenvalue weighted by Gasteiger charge is 2.75. The average molecular weight is 496 g/mol. The molecule has 0 spiro atoms. The van der Waals surface area contributed by atoms with Crippen LogP contribution in [0.5, 0.6) is 0 Å². The van der Waals surface area contributed by atoms with Gasteiger partial charge in [-0.1, -0.05) is 12.1 Å². The number of aromatic nitrogens is 2. The number of carbonyl (C=O) groups excluding carboxylic acids is 3. The molecule has 0 aromatic carbocycles. The van der Waals surface area contributed by atoms with Crippen molar-refractivity contribution in [2.45, 2.75) is 12.1 Å². The molecule has 192 valence electrons. The number of esters is 2. The predicted octanol–water partition coefficient (Wildman–Crippen LogP) is 0.970. The molecule has 4 unspecified atom stereocenters. The normalized spacial score (nSPS) is 28.7.